The van der Waals surface area contributed by atoms with Crippen LogP contribution in [0.3, 0.4) is 0 Å². The Hall–Kier alpha value is -2.20. The highest BCUT2D eigenvalue weighted by Crippen LogP contribution is 2.17. The highest BCUT2D eigenvalue weighted by Gasteiger charge is 2.11. The van der Waals surface area contributed by atoms with Gasteiger partial charge in [0.25, 0.3) is 0 Å². The van der Waals surface area contributed by atoms with Crippen LogP contribution in [0.15, 0.2) is 65.9 Å². The number of nitrogens with one attached hydrogen (secondary N) is 1. The molecule has 1 aromatic rings. The molecule has 0 spiro atoms. The van der Waals surface area contributed by atoms with E-state index in [1.54, 1.807) is 18.2 Å². The topological polar surface area (TPSA) is 27.6 Å². The molecule has 0 aliphatic carbocycles. The lowest BCUT2D eigenvalue weighted by molar-refractivity contribution is 0.335. The van der Waals surface area contributed by atoms with Crippen molar-refractivity contribution in [3.8, 4) is 0 Å². The number of allylic oxidation sites excluding steroid dienone is 4. The van der Waals surface area contributed by atoms with E-state index in [1.807, 2.05) is 50.2 Å². The van der Waals surface area contributed by atoms with Crippen molar-refractivity contribution in [1.82, 2.24) is 10.3 Å². The Balaban J connectivity index is 3.07. The Morgan fingerprint density at radius 1 is 1.39 bits per heavy atom. The van der Waals surface area contributed by atoms with Gasteiger partial charge in [-0.25, -0.2) is 4.39 Å². The van der Waals surface area contributed by atoms with Crippen molar-refractivity contribution < 1.29 is 4.39 Å². The first kappa shape index (κ1) is 18.8. The number of hydrazone groups is 1. The van der Waals surface area contributed by atoms with Crippen LogP contribution in [0.5, 0.6) is 0 Å². The maximum Gasteiger partial charge on any atom is 0.128 e. The molecule has 0 atom stereocenters. The zero-order chi connectivity index (χ0) is 17.1. The summed E-state index contributed by atoms with van der Waals surface area (Å²) in [6, 6.07) is 6.80. The largest absolute Gasteiger partial charge is 0.319 e. The first-order chi connectivity index (χ1) is 11.1. The number of rotatable bonds is 9. The molecule has 0 heterocycles. The second-order valence-electron chi connectivity index (χ2n) is 5.12. The van der Waals surface area contributed by atoms with Crippen molar-refractivity contribution in [3.63, 3.8) is 0 Å². The number of hydrogen-bond acceptors (Lipinski definition) is 3. The normalized spacial score (nSPS) is 12.7. The van der Waals surface area contributed by atoms with Crippen LogP contribution in [-0.2, 0) is 6.54 Å². The van der Waals surface area contributed by atoms with Gasteiger partial charge >= 0.3 is 0 Å². The quantitative estimate of drug-likeness (QED) is 0.419. The fourth-order valence-electron chi connectivity index (χ4n) is 2.10. The third-order valence-corrected chi connectivity index (χ3v) is 3.33. The molecule has 4 heteroatoms. The van der Waals surface area contributed by atoms with Crippen LogP contribution in [0.1, 0.15) is 25.8 Å². The van der Waals surface area contributed by atoms with Crippen LogP contribution < -0.4 is 5.32 Å². The van der Waals surface area contributed by atoms with Crippen LogP contribution in [0.25, 0.3) is 0 Å². The van der Waals surface area contributed by atoms with E-state index in [4.69, 9.17) is 0 Å². The third kappa shape index (κ3) is 6.61. The zero-order valence-electron chi connectivity index (χ0n) is 14.2. The Labute approximate surface area is 138 Å². The van der Waals surface area contributed by atoms with Crippen molar-refractivity contribution in [3.05, 3.63) is 72.2 Å². The van der Waals surface area contributed by atoms with Crippen LogP contribution in [-0.4, -0.2) is 24.3 Å². The average Bonchev–Trinajstić information content (AvgIpc) is 2.55. The van der Waals surface area contributed by atoms with Gasteiger partial charge in [0.1, 0.15) is 5.82 Å². The van der Waals surface area contributed by atoms with Crippen molar-refractivity contribution in [2.24, 2.45) is 5.10 Å². The van der Waals surface area contributed by atoms with Gasteiger partial charge in [0.15, 0.2) is 0 Å². The van der Waals surface area contributed by atoms with E-state index in [2.05, 4.69) is 17.0 Å². The maximum absolute atomic E-state index is 14.0. The van der Waals surface area contributed by atoms with Crippen molar-refractivity contribution in [2.75, 3.05) is 13.6 Å². The summed E-state index contributed by atoms with van der Waals surface area (Å²) >= 11 is 0. The van der Waals surface area contributed by atoms with E-state index in [0.29, 0.717) is 12.1 Å². The summed E-state index contributed by atoms with van der Waals surface area (Å²) in [7, 11) is 1.91. The fraction of sp³-hybridized carbons (Fsp3) is 0.316. The highest BCUT2D eigenvalue weighted by molar-refractivity contribution is 5.92. The minimum atomic E-state index is -0.212. The summed E-state index contributed by atoms with van der Waals surface area (Å²) in [6.07, 6.45) is 8.27. The summed E-state index contributed by atoms with van der Waals surface area (Å²) in [5.74, 6) is -0.212. The predicted octanol–water partition coefficient (Wildman–Crippen LogP) is 4.26. The fourth-order valence-corrected chi connectivity index (χ4v) is 2.10. The van der Waals surface area contributed by atoms with Gasteiger partial charge in [0.2, 0.25) is 0 Å². The first-order valence-corrected chi connectivity index (χ1v) is 7.77. The van der Waals surface area contributed by atoms with Gasteiger partial charge in [-0.05, 0) is 33.0 Å². The van der Waals surface area contributed by atoms with E-state index in [-0.39, 0.29) is 5.82 Å². The molecule has 0 unspecified atom stereocenters. The average molecular weight is 315 g/mol. The second kappa shape index (κ2) is 10.5. The molecule has 0 amide bonds. The number of hydrogen-bond donors (Lipinski definition) is 1. The Kier molecular flexibility index (Phi) is 8.62. The standard InChI is InChI=1S/C19H26FN3/c1-5-7-10-16(3)22-23(18(6-2)13-14-21-4)15-17-11-8-9-12-19(17)20/h5-12,21H,1,13-15H2,2-4H3/b10-7+,18-6+,22-16+. The zero-order valence-corrected chi connectivity index (χ0v) is 14.2. The molecule has 0 aliphatic heterocycles. The molecule has 1 rings (SSSR count). The van der Waals surface area contributed by atoms with E-state index in [1.165, 1.54) is 6.07 Å². The molecular weight excluding hydrogens is 289 g/mol. The van der Waals surface area contributed by atoms with Crippen molar-refractivity contribution in [1.29, 1.82) is 0 Å². The molecule has 1 N–H and O–H groups in total. The van der Waals surface area contributed by atoms with E-state index in [0.717, 1.165) is 24.4 Å². The molecule has 0 radical (unpaired) electrons. The van der Waals surface area contributed by atoms with E-state index >= 15 is 0 Å². The molecule has 0 saturated heterocycles. The lowest BCUT2D eigenvalue weighted by Gasteiger charge is -2.23. The molecule has 0 aromatic heterocycles. The number of benzene rings is 1. The number of halogens is 1. The predicted molar refractivity (Wildman–Crippen MR) is 96.7 cm³/mol. The highest BCUT2D eigenvalue weighted by atomic mass is 19.1. The molecule has 23 heavy (non-hydrogen) atoms. The molecule has 3 nitrogen and oxygen atoms in total. The third-order valence-electron chi connectivity index (χ3n) is 3.33. The van der Waals surface area contributed by atoms with Crippen LogP contribution >= 0.6 is 0 Å². The van der Waals surface area contributed by atoms with Crippen LogP contribution in [0, 0.1) is 5.82 Å². The first-order valence-electron chi connectivity index (χ1n) is 7.77. The summed E-state index contributed by atoms with van der Waals surface area (Å²) in [6.45, 7) is 8.79. The molecule has 1 aromatic carbocycles. The minimum Gasteiger partial charge on any atom is -0.319 e. The Bertz CT molecular complexity index is 588. The van der Waals surface area contributed by atoms with Gasteiger partial charge in [-0.3, -0.25) is 5.01 Å². The SMILES string of the molecule is C=C/C=C/C(C)=N/N(Cc1ccccc1F)/C(=C/C)CCNC. The van der Waals surface area contributed by atoms with Crippen molar-refractivity contribution >= 4 is 5.71 Å². The Morgan fingerprint density at radius 2 is 2.13 bits per heavy atom. The summed E-state index contributed by atoms with van der Waals surface area (Å²) in [5.41, 5.74) is 2.51. The molecule has 0 saturated carbocycles. The minimum absolute atomic E-state index is 0.212. The molecule has 124 valence electrons. The van der Waals surface area contributed by atoms with Gasteiger partial charge in [-0.15, -0.1) is 0 Å². The van der Waals surface area contributed by atoms with Crippen molar-refractivity contribution in [2.45, 2.75) is 26.8 Å². The van der Waals surface area contributed by atoms with Gasteiger partial charge < -0.3 is 5.32 Å². The lowest BCUT2D eigenvalue weighted by Crippen LogP contribution is -2.21. The smallest absolute Gasteiger partial charge is 0.128 e. The molecular formula is C19H26FN3. The molecule has 0 fully saturated rings. The number of nitrogens with zero attached hydrogens (tertiary/aromatic N) is 2. The van der Waals surface area contributed by atoms with Crippen LogP contribution in [0.4, 0.5) is 4.39 Å². The lowest BCUT2D eigenvalue weighted by atomic mass is 10.2. The van der Waals surface area contributed by atoms with Gasteiger partial charge in [-0.1, -0.05) is 43.0 Å². The second-order valence-corrected chi connectivity index (χ2v) is 5.12. The van der Waals surface area contributed by atoms with Gasteiger partial charge in [0.05, 0.1) is 12.3 Å². The van der Waals surface area contributed by atoms with Gasteiger partial charge in [0, 0.05) is 24.2 Å². The van der Waals surface area contributed by atoms with Gasteiger partial charge in [-0.2, -0.15) is 5.10 Å². The molecule has 0 bridgehead atoms. The summed E-state index contributed by atoms with van der Waals surface area (Å²) in [4.78, 5) is 0. The maximum atomic E-state index is 14.0. The Morgan fingerprint density at radius 3 is 2.74 bits per heavy atom. The van der Waals surface area contributed by atoms with E-state index < -0.39 is 0 Å². The van der Waals surface area contributed by atoms with E-state index in [9.17, 15) is 4.39 Å². The summed E-state index contributed by atoms with van der Waals surface area (Å²) < 4.78 is 14.0. The summed E-state index contributed by atoms with van der Waals surface area (Å²) in [5, 5.41) is 9.62. The van der Waals surface area contributed by atoms with Crippen LogP contribution in [0.2, 0.25) is 0 Å². The monoisotopic (exact) mass is 315 g/mol. The molecule has 0 aliphatic rings.